The Bertz CT molecular complexity index is 563. The molecule has 0 radical (unpaired) electrons. The van der Waals surface area contributed by atoms with Gasteiger partial charge in [-0.15, -0.1) is 11.8 Å². The smallest absolute Gasteiger partial charge is 0.139 e. The Morgan fingerprint density at radius 1 is 1.11 bits per heavy atom. The predicted octanol–water partition coefficient (Wildman–Crippen LogP) is 4.82. The lowest BCUT2D eigenvalue weighted by molar-refractivity contribution is 0.566. The van der Waals surface area contributed by atoms with E-state index in [0.29, 0.717) is 22.2 Å². The van der Waals surface area contributed by atoms with Crippen LogP contribution in [0.25, 0.3) is 0 Å². The summed E-state index contributed by atoms with van der Waals surface area (Å²) in [5.41, 5.74) is 0.851. The van der Waals surface area contributed by atoms with Gasteiger partial charge in [-0.05, 0) is 24.3 Å². The number of nitrogens with one attached hydrogen (secondary N) is 1. The number of benzene rings is 2. The maximum absolute atomic E-state index is 13.4. The van der Waals surface area contributed by atoms with E-state index in [2.05, 4.69) is 5.32 Å². The molecule has 0 aliphatic carbocycles. The Morgan fingerprint density at radius 2 is 1.89 bits per heavy atom. The fourth-order valence-electron chi connectivity index (χ4n) is 1.54. The summed E-state index contributed by atoms with van der Waals surface area (Å²) in [5.74, 6) is -0.424. The van der Waals surface area contributed by atoms with Crippen LogP contribution >= 0.6 is 23.4 Å². The van der Waals surface area contributed by atoms with Crippen molar-refractivity contribution in [1.29, 1.82) is 0 Å². The third-order valence-electron chi connectivity index (χ3n) is 2.44. The lowest BCUT2D eigenvalue weighted by Crippen LogP contribution is -2.04. The first kappa shape index (κ1) is 14.2. The molecule has 0 heterocycles. The lowest BCUT2D eigenvalue weighted by Gasteiger charge is -2.08. The lowest BCUT2D eigenvalue weighted by atomic mass is 10.3. The highest BCUT2D eigenvalue weighted by molar-refractivity contribution is 7.99. The van der Waals surface area contributed by atoms with Crippen molar-refractivity contribution in [2.75, 3.05) is 17.6 Å². The number of anilines is 1. The van der Waals surface area contributed by atoms with Gasteiger partial charge in [0, 0.05) is 23.3 Å². The average molecular weight is 300 g/mol. The summed E-state index contributed by atoms with van der Waals surface area (Å²) in [5, 5.41) is 3.82. The van der Waals surface area contributed by atoms with E-state index in [1.54, 1.807) is 6.07 Å². The first-order valence-corrected chi connectivity index (χ1v) is 7.09. The van der Waals surface area contributed by atoms with Gasteiger partial charge in [0.05, 0.1) is 10.7 Å². The third kappa shape index (κ3) is 4.11. The van der Waals surface area contributed by atoms with Crippen LogP contribution in [-0.2, 0) is 0 Å². The minimum atomic E-state index is -0.559. The van der Waals surface area contributed by atoms with Crippen LogP contribution in [0, 0.1) is 11.6 Å². The highest BCUT2D eigenvalue weighted by Crippen LogP contribution is 2.23. The molecule has 0 aliphatic rings. The number of halogens is 3. The molecule has 2 aromatic carbocycles. The Hall–Kier alpha value is -1.26. The Kier molecular flexibility index (Phi) is 5.05. The number of hydrogen-bond donors (Lipinski definition) is 1. The van der Waals surface area contributed by atoms with Gasteiger partial charge < -0.3 is 5.32 Å². The molecule has 0 aromatic heterocycles. The molecule has 0 saturated heterocycles. The minimum absolute atomic E-state index is 0.447. The molecule has 0 fully saturated rings. The quantitative estimate of drug-likeness (QED) is 0.627. The number of hydrogen-bond acceptors (Lipinski definition) is 2. The zero-order valence-corrected chi connectivity index (χ0v) is 11.6. The van der Waals surface area contributed by atoms with Crippen molar-refractivity contribution >= 4 is 29.1 Å². The SMILES string of the molecule is Fc1ccc(SCCNc2ccccc2Cl)c(F)c1. The topological polar surface area (TPSA) is 12.0 Å². The monoisotopic (exact) mass is 299 g/mol. The fraction of sp³-hybridized carbons (Fsp3) is 0.143. The molecular formula is C14H12ClF2NS. The second-order valence-electron chi connectivity index (χ2n) is 3.83. The second-order valence-corrected chi connectivity index (χ2v) is 5.37. The standard InChI is InChI=1S/C14H12ClF2NS/c15-11-3-1-2-4-13(11)18-7-8-19-14-6-5-10(16)9-12(14)17/h1-6,9,18H,7-8H2. The predicted molar refractivity (Wildman–Crippen MR) is 77.0 cm³/mol. The van der Waals surface area contributed by atoms with E-state index in [4.69, 9.17) is 11.6 Å². The molecule has 100 valence electrons. The molecule has 2 rings (SSSR count). The van der Waals surface area contributed by atoms with Crippen molar-refractivity contribution in [2.24, 2.45) is 0 Å². The molecular weight excluding hydrogens is 288 g/mol. The van der Waals surface area contributed by atoms with Gasteiger partial charge in [-0.1, -0.05) is 23.7 Å². The summed E-state index contributed by atoms with van der Waals surface area (Å²) in [4.78, 5) is 0.447. The van der Waals surface area contributed by atoms with Crippen molar-refractivity contribution in [3.05, 3.63) is 59.1 Å². The van der Waals surface area contributed by atoms with E-state index >= 15 is 0 Å². The average Bonchev–Trinajstić information content (AvgIpc) is 2.38. The minimum Gasteiger partial charge on any atom is -0.383 e. The zero-order valence-electron chi connectivity index (χ0n) is 10.00. The van der Waals surface area contributed by atoms with Gasteiger partial charge in [-0.3, -0.25) is 0 Å². The Balaban J connectivity index is 1.83. The van der Waals surface area contributed by atoms with Gasteiger partial charge in [-0.25, -0.2) is 8.78 Å². The van der Waals surface area contributed by atoms with Crippen LogP contribution in [0.4, 0.5) is 14.5 Å². The summed E-state index contributed by atoms with van der Waals surface area (Å²) in [6.45, 7) is 0.644. The molecule has 0 bridgehead atoms. The van der Waals surface area contributed by atoms with Gasteiger partial charge >= 0.3 is 0 Å². The van der Waals surface area contributed by atoms with Crippen molar-refractivity contribution in [3.63, 3.8) is 0 Å². The molecule has 19 heavy (non-hydrogen) atoms. The van der Waals surface area contributed by atoms with Gasteiger partial charge in [0.2, 0.25) is 0 Å². The van der Waals surface area contributed by atoms with Crippen LogP contribution in [0.15, 0.2) is 47.4 Å². The van der Waals surface area contributed by atoms with E-state index in [1.807, 2.05) is 18.2 Å². The van der Waals surface area contributed by atoms with Crippen LogP contribution in [-0.4, -0.2) is 12.3 Å². The maximum Gasteiger partial charge on any atom is 0.139 e. The number of rotatable bonds is 5. The van der Waals surface area contributed by atoms with Crippen LogP contribution < -0.4 is 5.32 Å². The van der Waals surface area contributed by atoms with Crippen LogP contribution in [0.2, 0.25) is 5.02 Å². The number of thioether (sulfide) groups is 1. The van der Waals surface area contributed by atoms with Gasteiger partial charge in [0.25, 0.3) is 0 Å². The Labute approximate surface area is 120 Å². The first-order valence-electron chi connectivity index (χ1n) is 5.73. The first-order chi connectivity index (χ1) is 9.16. The van der Waals surface area contributed by atoms with Crippen molar-refractivity contribution in [3.8, 4) is 0 Å². The van der Waals surface area contributed by atoms with E-state index in [9.17, 15) is 8.78 Å². The summed E-state index contributed by atoms with van der Waals surface area (Å²) >= 11 is 7.33. The molecule has 5 heteroatoms. The third-order valence-corrected chi connectivity index (χ3v) is 3.82. The van der Waals surface area contributed by atoms with Crippen LogP contribution in [0.1, 0.15) is 0 Å². The highest BCUT2D eigenvalue weighted by atomic mass is 35.5. The van der Waals surface area contributed by atoms with Crippen LogP contribution in [0.3, 0.4) is 0 Å². The van der Waals surface area contributed by atoms with Crippen molar-refractivity contribution in [1.82, 2.24) is 0 Å². The summed E-state index contributed by atoms with van der Waals surface area (Å²) in [6.07, 6.45) is 0. The van der Waals surface area contributed by atoms with Crippen molar-refractivity contribution < 1.29 is 8.78 Å². The summed E-state index contributed by atoms with van der Waals surface area (Å²) < 4.78 is 26.1. The van der Waals surface area contributed by atoms with Crippen molar-refractivity contribution in [2.45, 2.75) is 4.90 Å². The largest absolute Gasteiger partial charge is 0.383 e. The van der Waals surface area contributed by atoms with E-state index in [0.717, 1.165) is 11.8 Å². The van der Waals surface area contributed by atoms with E-state index < -0.39 is 11.6 Å². The molecule has 1 nitrogen and oxygen atoms in total. The van der Waals surface area contributed by atoms with Gasteiger partial charge in [0.1, 0.15) is 11.6 Å². The second kappa shape index (κ2) is 6.78. The molecule has 0 unspecified atom stereocenters. The molecule has 0 aliphatic heterocycles. The van der Waals surface area contributed by atoms with E-state index in [1.165, 1.54) is 23.9 Å². The number of para-hydroxylation sites is 1. The molecule has 0 saturated carbocycles. The summed E-state index contributed by atoms with van der Waals surface area (Å²) in [7, 11) is 0. The molecule has 2 aromatic rings. The van der Waals surface area contributed by atoms with Gasteiger partial charge in [0.15, 0.2) is 0 Å². The fourth-order valence-corrected chi connectivity index (χ4v) is 2.53. The zero-order chi connectivity index (χ0) is 13.7. The van der Waals surface area contributed by atoms with Crippen LogP contribution in [0.5, 0.6) is 0 Å². The van der Waals surface area contributed by atoms with Gasteiger partial charge in [-0.2, -0.15) is 0 Å². The molecule has 0 amide bonds. The molecule has 1 N–H and O–H groups in total. The maximum atomic E-state index is 13.4. The normalized spacial score (nSPS) is 10.5. The highest BCUT2D eigenvalue weighted by Gasteiger charge is 2.04. The molecule has 0 atom stereocenters. The molecule has 0 spiro atoms. The van der Waals surface area contributed by atoms with E-state index in [-0.39, 0.29) is 0 Å². The summed E-state index contributed by atoms with van der Waals surface area (Å²) in [6, 6.07) is 11.0. The Morgan fingerprint density at radius 3 is 2.63 bits per heavy atom.